The zero-order chi connectivity index (χ0) is 20.3. The molecule has 1 saturated carbocycles. The minimum Gasteiger partial charge on any atom is -0.497 e. The SMILES string of the molecule is COc1ccc(-c2nc(Nc3ccccc3)c3ncn(C4CCCCC4)c3n2)cc1. The third-order valence-electron chi connectivity index (χ3n) is 5.77. The molecular formula is C24H25N5O. The molecule has 4 aromatic rings. The van der Waals surface area contributed by atoms with Crippen LogP contribution in [0.25, 0.3) is 22.6 Å². The van der Waals surface area contributed by atoms with Gasteiger partial charge in [0.1, 0.15) is 5.75 Å². The summed E-state index contributed by atoms with van der Waals surface area (Å²) >= 11 is 0. The molecule has 0 radical (unpaired) electrons. The summed E-state index contributed by atoms with van der Waals surface area (Å²) in [6.45, 7) is 0. The molecule has 1 aliphatic carbocycles. The van der Waals surface area contributed by atoms with E-state index in [0.29, 0.717) is 11.9 Å². The van der Waals surface area contributed by atoms with Gasteiger partial charge < -0.3 is 14.6 Å². The van der Waals surface area contributed by atoms with Gasteiger partial charge in [0.2, 0.25) is 0 Å². The van der Waals surface area contributed by atoms with E-state index in [9.17, 15) is 0 Å². The third-order valence-corrected chi connectivity index (χ3v) is 5.77. The molecule has 0 amide bonds. The first kappa shape index (κ1) is 18.6. The molecule has 0 spiro atoms. The highest BCUT2D eigenvalue weighted by Crippen LogP contribution is 2.33. The van der Waals surface area contributed by atoms with E-state index < -0.39 is 0 Å². The number of anilines is 2. The molecule has 0 bridgehead atoms. The van der Waals surface area contributed by atoms with E-state index in [2.05, 4.69) is 9.88 Å². The normalized spacial score (nSPS) is 14.7. The van der Waals surface area contributed by atoms with Crippen molar-refractivity contribution in [1.29, 1.82) is 0 Å². The van der Waals surface area contributed by atoms with Crippen molar-refractivity contribution in [2.75, 3.05) is 12.4 Å². The number of ether oxygens (including phenoxy) is 1. The molecule has 1 N–H and O–H groups in total. The summed E-state index contributed by atoms with van der Waals surface area (Å²) < 4.78 is 7.55. The second-order valence-electron chi connectivity index (χ2n) is 7.73. The minimum atomic E-state index is 0.451. The van der Waals surface area contributed by atoms with Gasteiger partial charge in [0.25, 0.3) is 0 Å². The number of hydrogen-bond donors (Lipinski definition) is 1. The van der Waals surface area contributed by atoms with Crippen LogP contribution in [0.3, 0.4) is 0 Å². The maximum absolute atomic E-state index is 5.30. The lowest BCUT2D eigenvalue weighted by atomic mass is 9.95. The number of para-hydroxylation sites is 1. The first-order valence-electron chi connectivity index (χ1n) is 10.5. The molecule has 0 unspecified atom stereocenters. The Kier molecular flexibility index (Phi) is 5.05. The number of methoxy groups -OCH3 is 1. The second-order valence-corrected chi connectivity index (χ2v) is 7.73. The van der Waals surface area contributed by atoms with Crippen LogP contribution in [0.15, 0.2) is 60.9 Å². The lowest BCUT2D eigenvalue weighted by Gasteiger charge is -2.23. The molecule has 152 valence electrons. The summed E-state index contributed by atoms with van der Waals surface area (Å²) in [7, 11) is 1.67. The Bertz CT molecular complexity index is 1130. The summed E-state index contributed by atoms with van der Waals surface area (Å²) in [6.07, 6.45) is 8.12. The van der Waals surface area contributed by atoms with E-state index in [1.165, 1.54) is 32.1 Å². The molecule has 6 nitrogen and oxygen atoms in total. The van der Waals surface area contributed by atoms with E-state index in [4.69, 9.17) is 19.7 Å². The third kappa shape index (κ3) is 3.61. The van der Waals surface area contributed by atoms with Gasteiger partial charge >= 0.3 is 0 Å². The Morgan fingerprint density at radius 2 is 1.70 bits per heavy atom. The van der Waals surface area contributed by atoms with Crippen LogP contribution in [-0.4, -0.2) is 26.6 Å². The predicted molar refractivity (Wildman–Crippen MR) is 119 cm³/mol. The minimum absolute atomic E-state index is 0.451. The lowest BCUT2D eigenvalue weighted by Crippen LogP contribution is -2.12. The maximum atomic E-state index is 5.30. The predicted octanol–water partition coefficient (Wildman–Crippen LogP) is 5.75. The topological polar surface area (TPSA) is 64.9 Å². The molecule has 1 fully saturated rings. The van der Waals surface area contributed by atoms with E-state index in [1.54, 1.807) is 7.11 Å². The number of imidazole rings is 1. The highest BCUT2D eigenvalue weighted by atomic mass is 16.5. The number of nitrogens with zero attached hydrogens (tertiary/aromatic N) is 4. The molecule has 2 heterocycles. The van der Waals surface area contributed by atoms with Crippen LogP contribution >= 0.6 is 0 Å². The van der Waals surface area contributed by atoms with Gasteiger partial charge in [-0.05, 0) is 49.2 Å². The molecule has 2 aromatic carbocycles. The van der Waals surface area contributed by atoms with E-state index in [1.807, 2.05) is 60.9 Å². The largest absolute Gasteiger partial charge is 0.497 e. The number of fused-ring (bicyclic) bond motifs is 1. The van der Waals surface area contributed by atoms with Crippen LogP contribution < -0.4 is 10.1 Å². The summed E-state index contributed by atoms with van der Waals surface area (Å²) in [4.78, 5) is 14.5. The molecule has 5 rings (SSSR count). The molecule has 30 heavy (non-hydrogen) atoms. The van der Waals surface area contributed by atoms with E-state index in [-0.39, 0.29) is 0 Å². The van der Waals surface area contributed by atoms with E-state index >= 15 is 0 Å². The fraction of sp³-hybridized carbons (Fsp3) is 0.292. The van der Waals surface area contributed by atoms with Crippen molar-refractivity contribution in [3.8, 4) is 17.1 Å². The van der Waals surface area contributed by atoms with Gasteiger partial charge in [0, 0.05) is 17.3 Å². The van der Waals surface area contributed by atoms with Gasteiger partial charge in [-0.25, -0.2) is 15.0 Å². The summed E-state index contributed by atoms with van der Waals surface area (Å²) in [5, 5.41) is 3.44. The van der Waals surface area contributed by atoms with Crippen LogP contribution in [0.1, 0.15) is 38.1 Å². The molecule has 0 aliphatic heterocycles. The van der Waals surface area contributed by atoms with E-state index in [0.717, 1.165) is 34.0 Å². The molecule has 0 saturated heterocycles. The monoisotopic (exact) mass is 399 g/mol. The second kappa shape index (κ2) is 8.14. The molecule has 2 aromatic heterocycles. The molecule has 0 atom stereocenters. The number of rotatable bonds is 5. The standard InChI is InChI=1S/C24H25N5O/c1-30-20-14-12-17(13-15-20)22-27-23(26-18-8-4-2-5-9-18)21-24(28-22)29(16-25-21)19-10-6-3-7-11-19/h2,4-5,8-9,12-16,19H,3,6-7,10-11H2,1H3,(H,26,27,28). The smallest absolute Gasteiger partial charge is 0.166 e. The summed E-state index contributed by atoms with van der Waals surface area (Å²) in [5.74, 6) is 2.22. The average Bonchev–Trinajstić information content (AvgIpc) is 3.25. The Hall–Kier alpha value is -3.41. The molecule has 6 heteroatoms. The van der Waals surface area contributed by atoms with Crippen LogP contribution in [0.4, 0.5) is 11.5 Å². The van der Waals surface area contributed by atoms with Crippen LogP contribution in [0.5, 0.6) is 5.75 Å². The van der Waals surface area contributed by atoms with Crippen LogP contribution in [0, 0.1) is 0 Å². The lowest BCUT2D eigenvalue weighted by molar-refractivity contribution is 0.358. The zero-order valence-electron chi connectivity index (χ0n) is 17.1. The van der Waals surface area contributed by atoms with Gasteiger partial charge in [-0.2, -0.15) is 0 Å². The van der Waals surface area contributed by atoms with Gasteiger partial charge in [-0.3, -0.25) is 0 Å². The van der Waals surface area contributed by atoms with Crippen molar-refractivity contribution in [3.63, 3.8) is 0 Å². The number of nitrogens with one attached hydrogen (secondary N) is 1. The van der Waals surface area contributed by atoms with Crippen molar-refractivity contribution >= 4 is 22.7 Å². The van der Waals surface area contributed by atoms with Crippen LogP contribution in [-0.2, 0) is 0 Å². The molecule has 1 aliphatic rings. The summed E-state index contributed by atoms with van der Waals surface area (Å²) in [6, 6.07) is 18.4. The Morgan fingerprint density at radius 1 is 0.933 bits per heavy atom. The highest BCUT2D eigenvalue weighted by Gasteiger charge is 2.21. The Labute approximate surface area is 176 Å². The fourth-order valence-corrected chi connectivity index (χ4v) is 4.16. The van der Waals surface area contributed by atoms with Gasteiger partial charge in [0.15, 0.2) is 22.8 Å². The highest BCUT2D eigenvalue weighted by molar-refractivity contribution is 5.87. The van der Waals surface area contributed by atoms with Crippen molar-refractivity contribution in [2.24, 2.45) is 0 Å². The molecular weight excluding hydrogens is 374 g/mol. The fourth-order valence-electron chi connectivity index (χ4n) is 4.16. The number of hydrogen-bond acceptors (Lipinski definition) is 5. The van der Waals surface area contributed by atoms with Crippen molar-refractivity contribution < 1.29 is 4.74 Å². The zero-order valence-corrected chi connectivity index (χ0v) is 17.1. The quantitative estimate of drug-likeness (QED) is 0.463. The van der Waals surface area contributed by atoms with Crippen molar-refractivity contribution in [2.45, 2.75) is 38.1 Å². The number of benzene rings is 2. The van der Waals surface area contributed by atoms with Gasteiger partial charge in [-0.15, -0.1) is 0 Å². The Morgan fingerprint density at radius 3 is 2.43 bits per heavy atom. The maximum Gasteiger partial charge on any atom is 0.166 e. The van der Waals surface area contributed by atoms with Crippen LogP contribution in [0.2, 0.25) is 0 Å². The average molecular weight is 399 g/mol. The Balaban J connectivity index is 1.63. The first-order chi connectivity index (χ1) is 14.8. The van der Waals surface area contributed by atoms with Gasteiger partial charge in [0.05, 0.1) is 13.4 Å². The van der Waals surface area contributed by atoms with Crippen molar-refractivity contribution in [1.82, 2.24) is 19.5 Å². The van der Waals surface area contributed by atoms with Gasteiger partial charge in [-0.1, -0.05) is 37.5 Å². The summed E-state index contributed by atoms with van der Waals surface area (Å²) in [5.41, 5.74) is 3.62. The van der Waals surface area contributed by atoms with Crippen molar-refractivity contribution in [3.05, 3.63) is 60.9 Å². The first-order valence-corrected chi connectivity index (χ1v) is 10.5. The number of aromatic nitrogens is 4.